The number of benzene rings is 1. The lowest BCUT2D eigenvalue weighted by Gasteiger charge is -2.39. The SMILES string of the molecule is CNC(c1cccc(OC)c1)C1CCC(C(C)(C)C)CC1. The molecule has 1 saturated carbocycles. The van der Waals surface area contributed by atoms with Crippen molar-refractivity contribution in [2.45, 2.75) is 52.5 Å². The summed E-state index contributed by atoms with van der Waals surface area (Å²) in [6.45, 7) is 7.15. The molecule has 0 aromatic heterocycles. The normalized spacial score (nSPS) is 24.6. The monoisotopic (exact) mass is 289 g/mol. The molecule has 1 N–H and O–H groups in total. The van der Waals surface area contributed by atoms with E-state index in [1.165, 1.54) is 31.2 Å². The summed E-state index contributed by atoms with van der Waals surface area (Å²) < 4.78 is 5.37. The first-order chi connectivity index (χ1) is 9.95. The summed E-state index contributed by atoms with van der Waals surface area (Å²) in [7, 11) is 3.82. The molecule has 1 aliphatic carbocycles. The Morgan fingerprint density at radius 1 is 1.14 bits per heavy atom. The molecule has 118 valence electrons. The van der Waals surface area contributed by atoms with Crippen molar-refractivity contribution in [1.82, 2.24) is 5.32 Å². The molecular weight excluding hydrogens is 258 g/mol. The summed E-state index contributed by atoms with van der Waals surface area (Å²) in [4.78, 5) is 0. The summed E-state index contributed by atoms with van der Waals surface area (Å²) in [5.74, 6) is 2.56. The average molecular weight is 289 g/mol. The van der Waals surface area contributed by atoms with Gasteiger partial charge in [-0.1, -0.05) is 32.9 Å². The second kappa shape index (κ2) is 6.83. The minimum Gasteiger partial charge on any atom is -0.497 e. The maximum absolute atomic E-state index is 5.37. The van der Waals surface area contributed by atoms with E-state index in [4.69, 9.17) is 4.74 Å². The van der Waals surface area contributed by atoms with Crippen molar-refractivity contribution in [1.29, 1.82) is 0 Å². The number of hydrogen-bond acceptors (Lipinski definition) is 2. The first-order valence-electron chi connectivity index (χ1n) is 8.27. The molecule has 0 amide bonds. The van der Waals surface area contributed by atoms with Crippen LogP contribution in [0.2, 0.25) is 0 Å². The molecule has 1 aromatic carbocycles. The maximum Gasteiger partial charge on any atom is 0.119 e. The summed E-state index contributed by atoms with van der Waals surface area (Å²) in [5.41, 5.74) is 1.81. The Balaban J connectivity index is 2.06. The van der Waals surface area contributed by atoms with Gasteiger partial charge in [0, 0.05) is 6.04 Å². The van der Waals surface area contributed by atoms with Gasteiger partial charge in [-0.05, 0) is 67.7 Å². The predicted octanol–water partition coefficient (Wildman–Crippen LogP) is 4.81. The maximum atomic E-state index is 5.37. The third-order valence-corrected chi connectivity index (χ3v) is 5.23. The van der Waals surface area contributed by atoms with E-state index in [0.29, 0.717) is 11.5 Å². The van der Waals surface area contributed by atoms with E-state index in [1.54, 1.807) is 7.11 Å². The molecule has 1 aliphatic rings. The number of ether oxygens (including phenoxy) is 1. The van der Waals surface area contributed by atoms with E-state index in [-0.39, 0.29) is 0 Å². The third kappa shape index (κ3) is 4.00. The van der Waals surface area contributed by atoms with Gasteiger partial charge in [0.2, 0.25) is 0 Å². The van der Waals surface area contributed by atoms with Crippen LogP contribution in [0.3, 0.4) is 0 Å². The van der Waals surface area contributed by atoms with Gasteiger partial charge in [-0.15, -0.1) is 0 Å². The van der Waals surface area contributed by atoms with Crippen molar-refractivity contribution in [2.24, 2.45) is 17.3 Å². The van der Waals surface area contributed by atoms with Gasteiger partial charge in [-0.2, -0.15) is 0 Å². The Morgan fingerprint density at radius 3 is 2.33 bits per heavy atom. The van der Waals surface area contributed by atoms with Crippen LogP contribution >= 0.6 is 0 Å². The van der Waals surface area contributed by atoms with Crippen LogP contribution in [0.1, 0.15) is 58.1 Å². The molecule has 1 fully saturated rings. The summed E-state index contributed by atoms with van der Waals surface area (Å²) in [5, 5.41) is 3.54. The van der Waals surface area contributed by atoms with E-state index >= 15 is 0 Å². The van der Waals surface area contributed by atoms with Crippen molar-refractivity contribution < 1.29 is 4.74 Å². The minimum absolute atomic E-state index is 0.445. The van der Waals surface area contributed by atoms with Crippen LogP contribution in [-0.2, 0) is 0 Å². The first-order valence-corrected chi connectivity index (χ1v) is 8.27. The van der Waals surface area contributed by atoms with Gasteiger partial charge < -0.3 is 10.1 Å². The summed E-state index contributed by atoms with van der Waals surface area (Å²) in [6, 6.07) is 8.96. The number of hydrogen-bond donors (Lipinski definition) is 1. The standard InChI is InChI=1S/C19H31NO/c1-19(2,3)16-11-9-14(10-12-16)18(20-4)15-7-6-8-17(13-15)21-5/h6-8,13-14,16,18,20H,9-12H2,1-5H3. The van der Waals surface area contributed by atoms with Crippen LogP contribution in [0.15, 0.2) is 24.3 Å². The fraction of sp³-hybridized carbons (Fsp3) is 0.684. The molecule has 0 saturated heterocycles. The minimum atomic E-state index is 0.445. The van der Waals surface area contributed by atoms with Crippen LogP contribution in [-0.4, -0.2) is 14.2 Å². The highest BCUT2D eigenvalue weighted by molar-refractivity contribution is 5.31. The highest BCUT2D eigenvalue weighted by atomic mass is 16.5. The van der Waals surface area contributed by atoms with E-state index in [0.717, 1.165) is 17.6 Å². The Morgan fingerprint density at radius 2 is 1.81 bits per heavy atom. The van der Waals surface area contributed by atoms with Gasteiger partial charge in [0.05, 0.1) is 7.11 Å². The molecule has 1 unspecified atom stereocenters. The zero-order valence-corrected chi connectivity index (χ0v) is 14.3. The lowest BCUT2D eigenvalue weighted by Crippen LogP contribution is -2.32. The van der Waals surface area contributed by atoms with Crippen molar-refractivity contribution in [3.63, 3.8) is 0 Å². The Kier molecular flexibility index (Phi) is 5.32. The van der Waals surface area contributed by atoms with Crippen LogP contribution in [0.25, 0.3) is 0 Å². The van der Waals surface area contributed by atoms with Crippen LogP contribution in [0.4, 0.5) is 0 Å². The summed E-state index contributed by atoms with van der Waals surface area (Å²) >= 11 is 0. The van der Waals surface area contributed by atoms with Gasteiger partial charge in [0.1, 0.15) is 5.75 Å². The molecule has 0 radical (unpaired) electrons. The lowest BCUT2D eigenvalue weighted by molar-refractivity contribution is 0.134. The molecule has 0 bridgehead atoms. The van der Waals surface area contributed by atoms with Crippen molar-refractivity contribution in [2.75, 3.05) is 14.2 Å². The Hall–Kier alpha value is -1.02. The van der Waals surface area contributed by atoms with E-state index in [1.807, 2.05) is 6.07 Å². The van der Waals surface area contributed by atoms with E-state index < -0.39 is 0 Å². The van der Waals surface area contributed by atoms with Gasteiger partial charge in [0.25, 0.3) is 0 Å². The average Bonchev–Trinajstić information content (AvgIpc) is 2.48. The molecule has 2 nitrogen and oxygen atoms in total. The van der Waals surface area contributed by atoms with Gasteiger partial charge in [0.15, 0.2) is 0 Å². The van der Waals surface area contributed by atoms with Crippen LogP contribution in [0, 0.1) is 17.3 Å². The summed E-state index contributed by atoms with van der Waals surface area (Å²) in [6.07, 6.45) is 5.36. The predicted molar refractivity (Wildman–Crippen MR) is 89.7 cm³/mol. The van der Waals surface area contributed by atoms with Crippen molar-refractivity contribution in [3.8, 4) is 5.75 Å². The molecule has 21 heavy (non-hydrogen) atoms. The first kappa shape index (κ1) is 16.4. The number of methoxy groups -OCH3 is 1. The van der Waals surface area contributed by atoms with Gasteiger partial charge >= 0.3 is 0 Å². The molecule has 0 spiro atoms. The quantitative estimate of drug-likeness (QED) is 0.859. The topological polar surface area (TPSA) is 21.3 Å². The molecule has 0 heterocycles. The number of nitrogens with one attached hydrogen (secondary N) is 1. The second-order valence-electron chi connectivity index (χ2n) is 7.52. The van der Waals surface area contributed by atoms with Gasteiger partial charge in [-0.3, -0.25) is 0 Å². The third-order valence-electron chi connectivity index (χ3n) is 5.23. The van der Waals surface area contributed by atoms with Gasteiger partial charge in [-0.25, -0.2) is 0 Å². The van der Waals surface area contributed by atoms with Crippen LogP contribution in [0.5, 0.6) is 5.75 Å². The highest BCUT2D eigenvalue weighted by Gasteiger charge is 2.32. The molecule has 1 aromatic rings. The fourth-order valence-corrected chi connectivity index (χ4v) is 3.83. The highest BCUT2D eigenvalue weighted by Crippen LogP contribution is 2.43. The van der Waals surface area contributed by atoms with E-state index in [2.05, 4.69) is 51.3 Å². The fourth-order valence-electron chi connectivity index (χ4n) is 3.83. The lowest BCUT2D eigenvalue weighted by atomic mass is 9.68. The zero-order valence-electron chi connectivity index (χ0n) is 14.3. The zero-order chi connectivity index (χ0) is 15.5. The molecule has 0 aliphatic heterocycles. The van der Waals surface area contributed by atoms with E-state index in [9.17, 15) is 0 Å². The Bertz CT molecular complexity index is 441. The van der Waals surface area contributed by atoms with Crippen LogP contribution < -0.4 is 10.1 Å². The van der Waals surface area contributed by atoms with Crippen molar-refractivity contribution >= 4 is 0 Å². The second-order valence-corrected chi connectivity index (χ2v) is 7.52. The molecule has 1 atom stereocenters. The molecule has 2 rings (SSSR count). The number of rotatable bonds is 4. The molecule has 2 heteroatoms. The Labute approximate surface area is 130 Å². The smallest absolute Gasteiger partial charge is 0.119 e. The molecular formula is C19H31NO. The largest absolute Gasteiger partial charge is 0.497 e. The van der Waals surface area contributed by atoms with Crippen molar-refractivity contribution in [3.05, 3.63) is 29.8 Å².